The molecule has 0 aliphatic carbocycles. The van der Waals surface area contributed by atoms with Gasteiger partial charge in [0.25, 0.3) is 0 Å². The Morgan fingerprint density at radius 2 is 2.00 bits per heavy atom. The third-order valence-electron chi connectivity index (χ3n) is 3.46. The fraction of sp³-hybridized carbons (Fsp3) is 0.250. The van der Waals surface area contributed by atoms with Gasteiger partial charge in [-0.25, -0.2) is 4.39 Å². The smallest absolute Gasteiger partial charge is 0.142 e. The van der Waals surface area contributed by atoms with E-state index in [2.05, 4.69) is 0 Å². The number of aromatic hydroxyl groups is 1. The first-order valence-electron chi connectivity index (χ1n) is 6.71. The maximum absolute atomic E-state index is 13.3. The molecule has 0 saturated carbocycles. The van der Waals surface area contributed by atoms with Crippen molar-refractivity contribution in [2.45, 2.75) is 19.5 Å². The van der Waals surface area contributed by atoms with Gasteiger partial charge in [-0.05, 0) is 25.1 Å². The minimum absolute atomic E-state index is 0.0108. The summed E-state index contributed by atoms with van der Waals surface area (Å²) in [7, 11) is 0. The summed E-state index contributed by atoms with van der Waals surface area (Å²) in [5.74, 6) is -0.269. The summed E-state index contributed by atoms with van der Waals surface area (Å²) in [6.45, 7) is 2.44. The molecule has 21 heavy (non-hydrogen) atoms. The number of benzene rings is 2. The van der Waals surface area contributed by atoms with Crippen molar-refractivity contribution in [3.05, 3.63) is 58.9 Å². The van der Waals surface area contributed by atoms with Gasteiger partial charge in [-0.3, -0.25) is 4.90 Å². The SMILES string of the molecule is CC(CO)[NH+](Cc1cccc(O)c1)c1ccc(F)c(Cl)c1. The zero-order valence-electron chi connectivity index (χ0n) is 11.7. The molecule has 5 heteroatoms. The Bertz CT molecular complexity index is 621. The van der Waals surface area contributed by atoms with Gasteiger partial charge in [-0.1, -0.05) is 23.7 Å². The standard InChI is InChI=1S/C16H17ClFNO2/c1-11(10-20)19(9-12-3-2-4-14(21)7-12)13-5-6-16(18)15(17)8-13/h2-8,11,20-21H,9-10H2,1H3/p+1. The van der Waals surface area contributed by atoms with Gasteiger partial charge in [0.15, 0.2) is 0 Å². The van der Waals surface area contributed by atoms with E-state index >= 15 is 0 Å². The van der Waals surface area contributed by atoms with Crippen molar-refractivity contribution in [3.8, 4) is 5.75 Å². The van der Waals surface area contributed by atoms with Crippen molar-refractivity contribution >= 4 is 17.3 Å². The molecule has 0 aromatic heterocycles. The lowest BCUT2D eigenvalue weighted by Gasteiger charge is -2.24. The van der Waals surface area contributed by atoms with Crippen molar-refractivity contribution in [1.29, 1.82) is 0 Å². The molecule has 0 heterocycles. The number of nitrogens with one attached hydrogen (secondary N) is 1. The molecule has 0 radical (unpaired) electrons. The van der Waals surface area contributed by atoms with E-state index in [4.69, 9.17) is 11.6 Å². The molecular weight excluding hydrogens is 293 g/mol. The largest absolute Gasteiger partial charge is 0.508 e. The van der Waals surface area contributed by atoms with E-state index in [1.54, 1.807) is 30.3 Å². The highest BCUT2D eigenvalue weighted by molar-refractivity contribution is 6.30. The number of aliphatic hydroxyl groups is 1. The number of phenolic OH excluding ortho intramolecular Hbond substituents is 1. The number of quaternary nitrogens is 1. The van der Waals surface area contributed by atoms with Crippen molar-refractivity contribution < 1.29 is 19.5 Å². The summed E-state index contributed by atoms with van der Waals surface area (Å²) in [5, 5.41) is 19.1. The van der Waals surface area contributed by atoms with Crippen LogP contribution in [-0.4, -0.2) is 22.9 Å². The number of hydrogen-bond acceptors (Lipinski definition) is 2. The summed E-state index contributed by atoms with van der Waals surface area (Å²) in [6.07, 6.45) is 0. The van der Waals surface area contributed by atoms with E-state index in [-0.39, 0.29) is 23.4 Å². The van der Waals surface area contributed by atoms with Crippen LogP contribution in [0.1, 0.15) is 12.5 Å². The molecule has 3 nitrogen and oxygen atoms in total. The van der Waals surface area contributed by atoms with E-state index in [1.165, 1.54) is 6.07 Å². The van der Waals surface area contributed by atoms with Gasteiger partial charge in [0.1, 0.15) is 29.8 Å². The van der Waals surface area contributed by atoms with Gasteiger partial charge in [0, 0.05) is 17.7 Å². The molecule has 0 amide bonds. The second kappa shape index (κ2) is 6.89. The number of phenols is 1. The van der Waals surface area contributed by atoms with Crippen LogP contribution in [0.15, 0.2) is 42.5 Å². The third-order valence-corrected chi connectivity index (χ3v) is 3.75. The molecule has 0 fully saturated rings. The highest BCUT2D eigenvalue weighted by Gasteiger charge is 2.21. The van der Waals surface area contributed by atoms with Crippen molar-refractivity contribution in [2.24, 2.45) is 0 Å². The maximum Gasteiger partial charge on any atom is 0.142 e. The Morgan fingerprint density at radius 1 is 1.24 bits per heavy atom. The fourth-order valence-electron chi connectivity index (χ4n) is 2.25. The van der Waals surface area contributed by atoms with Gasteiger partial charge in [0.05, 0.1) is 11.6 Å². The van der Waals surface area contributed by atoms with Crippen LogP contribution in [0.3, 0.4) is 0 Å². The van der Waals surface area contributed by atoms with Crippen LogP contribution in [0.5, 0.6) is 5.75 Å². The first-order chi connectivity index (χ1) is 10.0. The normalized spacial score (nSPS) is 13.9. The Kier molecular flexibility index (Phi) is 5.17. The molecule has 2 atom stereocenters. The lowest BCUT2D eigenvalue weighted by Crippen LogP contribution is -3.10. The van der Waals surface area contributed by atoms with E-state index in [1.807, 2.05) is 13.0 Å². The summed E-state index contributed by atoms with van der Waals surface area (Å²) in [5.41, 5.74) is 1.72. The molecule has 2 aromatic carbocycles. The number of rotatable bonds is 5. The Morgan fingerprint density at radius 3 is 2.62 bits per heavy atom. The monoisotopic (exact) mass is 310 g/mol. The van der Waals surface area contributed by atoms with Crippen LogP contribution in [-0.2, 0) is 6.54 Å². The molecule has 112 valence electrons. The van der Waals surface area contributed by atoms with Crippen LogP contribution >= 0.6 is 11.6 Å². The summed E-state index contributed by atoms with van der Waals surface area (Å²) < 4.78 is 13.3. The first-order valence-corrected chi connectivity index (χ1v) is 7.09. The van der Waals surface area contributed by atoms with Crippen LogP contribution in [0.25, 0.3) is 0 Å². The average molecular weight is 311 g/mol. The molecule has 2 unspecified atom stereocenters. The molecule has 0 saturated heterocycles. The summed E-state index contributed by atoms with van der Waals surface area (Å²) in [4.78, 5) is 0.949. The minimum Gasteiger partial charge on any atom is -0.508 e. The van der Waals surface area contributed by atoms with E-state index < -0.39 is 5.82 Å². The number of aliphatic hydroxyl groups excluding tert-OH is 1. The number of halogens is 2. The predicted molar refractivity (Wildman–Crippen MR) is 80.4 cm³/mol. The Labute approximate surface area is 128 Å². The molecule has 0 aliphatic heterocycles. The van der Waals surface area contributed by atoms with Crippen LogP contribution in [0.4, 0.5) is 10.1 Å². The zero-order chi connectivity index (χ0) is 15.4. The summed E-state index contributed by atoms with van der Waals surface area (Å²) in [6, 6.07) is 11.4. The van der Waals surface area contributed by atoms with Gasteiger partial charge in [0.2, 0.25) is 0 Å². The zero-order valence-corrected chi connectivity index (χ0v) is 12.4. The van der Waals surface area contributed by atoms with E-state index in [0.29, 0.717) is 6.54 Å². The lowest BCUT2D eigenvalue weighted by molar-refractivity contribution is -0.873. The van der Waals surface area contributed by atoms with Gasteiger partial charge < -0.3 is 10.2 Å². The third kappa shape index (κ3) is 3.94. The minimum atomic E-state index is -0.464. The topological polar surface area (TPSA) is 44.9 Å². The molecular formula is C16H18ClFNO2+. The van der Waals surface area contributed by atoms with Crippen molar-refractivity contribution in [1.82, 2.24) is 0 Å². The summed E-state index contributed by atoms with van der Waals surface area (Å²) >= 11 is 5.84. The molecule has 0 aliphatic rings. The molecule has 2 rings (SSSR count). The van der Waals surface area contributed by atoms with E-state index in [9.17, 15) is 14.6 Å². The van der Waals surface area contributed by atoms with Crippen molar-refractivity contribution in [3.63, 3.8) is 0 Å². The van der Waals surface area contributed by atoms with Crippen LogP contribution in [0, 0.1) is 5.82 Å². The second-order valence-electron chi connectivity index (χ2n) is 5.08. The first kappa shape index (κ1) is 15.8. The van der Waals surface area contributed by atoms with Crippen LogP contribution < -0.4 is 4.90 Å². The Hall–Kier alpha value is -1.62. The Balaban J connectivity index is 2.32. The quantitative estimate of drug-likeness (QED) is 0.793. The maximum atomic E-state index is 13.3. The average Bonchev–Trinajstić information content (AvgIpc) is 2.47. The van der Waals surface area contributed by atoms with Gasteiger partial charge in [-0.15, -0.1) is 0 Å². The highest BCUT2D eigenvalue weighted by Crippen LogP contribution is 2.18. The van der Waals surface area contributed by atoms with Crippen LogP contribution in [0.2, 0.25) is 5.02 Å². The molecule has 2 aromatic rings. The molecule has 0 bridgehead atoms. The predicted octanol–water partition coefficient (Wildman–Crippen LogP) is 2.28. The van der Waals surface area contributed by atoms with E-state index in [0.717, 1.165) is 16.2 Å². The second-order valence-corrected chi connectivity index (χ2v) is 5.49. The lowest BCUT2D eigenvalue weighted by atomic mass is 10.1. The highest BCUT2D eigenvalue weighted by atomic mass is 35.5. The van der Waals surface area contributed by atoms with Gasteiger partial charge >= 0.3 is 0 Å². The van der Waals surface area contributed by atoms with Crippen molar-refractivity contribution in [2.75, 3.05) is 6.61 Å². The van der Waals surface area contributed by atoms with Gasteiger partial charge in [-0.2, -0.15) is 0 Å². The molecule has 0 spiro atoms. The number of hydrogen-bond donors (Lipinski definition) is 3. The fourth-order valence-corrected chi connectivity index (χ4v) is 2.43. The molecule has 3 N–H and O–H groups in total.